The van der Waals surface area contributed by atoms with Crippen LogP contribution in [-0.4, -0.2) is 24.2 Å². The summed E-state index contributed by atoms with van der Waals surface area (Å²) in [5.74, 6) is 5.67. The number of thiophene rings is 2. The predicted molar refractivity (Wildman–Crippen MR) is 88.3 cm³/mol. The maximum Gasteiger partial charge on any atom is 0.252 e. The van der Waals surface area contributed by atoms with E-state index < -0.39 is 0 Å². The minimum Gasteiger partial charge on any atom is -0.395 e. The zero-order chi connectivity index (χ0) is 15.1. The molecule has 0 bridgehead atoms. The molecule has 3 nitrogen and oxygen atoms in total. The second-order valence-corrected chi connectivity index (χ2v) is 6.90. The molecule has 0 aliphatic rings. The number of nitrogens with one attached hydrogen (secondary N) is 1. The highest BCUT2D eigenvalue weighted by Crippen LogP contribution is 2.21. The van der Waals surface area contributed by atoms with E-state index in [2.05, 4.69) is 17.2 Å². The lowest BCUT2D eigenvalue weighted by atomic mass is 10.2. The third-order valence-corrected chi connectivity index (χ3v) is 4.73. The first-order chi connectivity index (χ1) is 10.2. The van der Waals surface area contributed by atoms with Gasteiger partial charge in [0.25, 0.3) is 5.91 Å². The van der Waals surface area contributed by atoms with Gasteiger partial charge in [-0.05, 0) is 24.6 Å². The summed E-state index contributed by atoms with van der Waals surface area (Å²) < 4.78 is 0.764. The lowest BCUT2D eigenvalue weighted by Crippen LogP contribution is -2.24. The molecule has 0 aliphatic carbocycles. The molecule has 1 amide bonds. The van der Waals surface area contributed by atoms with Crippen molar-refractivity contribution in [2.45, 2.75) is 12.8 Å². The third-order valence-electron chi connectivity index (χ3n) is 2.60. The molecule has 2 N–H and O–H groups in total. The Bertz CT molecular complexity index is 667. The second-order valence-electron chi connectivity index (χ2n) is 4.19. The molecule has 0 saturated heterocycles. The molecule has 110 valence electrons. The number of hydrogen-bond donors (Lipinski definition) is 2. The van der Waals surface area contributed by atoms with E-state index in [-0.39, 0.29) is 12.5 Å². The quantitative estimate of drug-likeness (QED) is 0.822. The van der Waals surface area contributed by atoms with Crippen LogP contribution in [0.5, 0.6) is 0 Å². The number of carbonyl (C=O) groups excluding carboxylic acids is 1. The van der Waals surface area contributed by atoms with Gasteiger partial charge in [-0.1, -0.05) is 23.4 Å². The standard InChI is InChI=1S/C15H14ClNO2S2/c16-14-5-4-12(21-14)6-7-17-15(19)11-9-13(20-10-11)3-1-2-8-18/h4-5,9-10,18H,2,6-8H2,(H,17,19). The predicted octanol–water partition coefficient (Wildman–Crippen LogP) is 3.17. The van der Waals surface area contributed by atoms with Crippen molar-refractivity contribution in [3.8, 4) is 11.8 Å². The van der Waals surface area contributed by atoms with Crippen LogP contribution in [0.25, 0.3) is 0 Å². The van der Waals surface area contributed by atoms with Gasteiger partial charge in [0.2, 0.25) is 0 Å². The molecule has 0 atom stereocenters. The Morgan fingerprint density at radius 2 is 2.29 bits per heavy atom. The van der Waals surface area contributed by atoms with E-state index in [4.69, 9.17) is 16.7 Å². The van der Waals surface area contributed by atoms with Gasteiger partial charge < -0.3 is 10.4 Å². The van der Waals surface area contributed by atoms with E-state index in [1.807, 2.05) is 12.1 Å². The molecular weight excluding hydrogens is 326 g/mol. The van der Waals surface area contributed by atoms with Gasteiger partial charge in [-0.3, -0.25) is 4.79 Å². The number of aliphatic hydroxyl groups is 1. The Balaban J connectivity index is 1.82. The molecule has 0 fully saturated rings. The van der Waals surface area contributed by atoms with Gasteiger partial charge >= 0.3 is 0 Å². The highest BCUT2D eigenvalue weighted by molar-refractivity contribution is 7.16. The van der Waals surface area contributed by atoms with Crippen LogP contribution in [0.1, 0.15) is 26.5 Å². The molecule has 2 aromatic heterocycles. The van der Waals surface area contributed by atoms with Crippen molar-refractivity contribution >= 4 is 40.2 Å². The van der Waals surface area contributed by atoms with Gasteiger partial charge in [0, 0.05) is 23.2 Å². The number of carbonyl (C=O) groups is 1. The van der Waals surface area contributed by atoms with Crippen molar-refractivity contribution in [3.05, 3.63) is 43.2 Å². The summed E-state index contributed by atoms with van der Waals surface area (Å²) in [6.45, 7) is 0.634. The number of amides is 1. The van der Waals surface area contributed by atoms with E-state index in [1.165, 1.54) is 22.7 Å². The fraction of sp³-hybridized carbons (Fsp3) is 0.267. The first kappa shape index (κ1) is 16.1. The molecule has 0 spiro atoms. The molecule has 2 rings (SSSR count). The van der Waals surface area contributed by atoms with Crippen molar-refractivity contribution in [2.24, 2.45) is 0 Å². The van der Waals surface area contributed by atoms with Gasteiger partial charge in [0.05, 0.1) is 21.4 Å². The SMILES string of the molecule is O=C(NCCc1ccc(Cl)s1)c1csc(C#CCCO)c1. The third kappa shape index (κ3) is 5.18. The average molecular weight is 340 g/mol. The number of rotatable bonds is 5. The monoisotopic (exact) mass is 339 g/mol. The molecule has 0 radical (unpaired) electrons. The van der Waals surface area contributed by atoms with Gasteiger partial charge in [-0.15, -0.1) is 22.7 Å². The first-order valence-electron chi connectivity index (χ1n) is 6.39. The fourth-order valence-electron chi connectivity index (χ4n) is 1.61. The maximum absolute atomic E-state index is 12.0. The summed E-state index contributed by atoms with van der Waals surface area (Å²) in [7, 11) is 0. The zero-order valence-electron chi connectivity index (χ0n) is 11.2. The Morgan fingerprint density at radius 3 is 3.00 bits per heavy atom. The summed E-state index contributed by atoms with van der Waals surface area (Å²) >= 11 is 8.81. The molecule has 0 aliphatic heterocycles. The second kappa shape index (κ2) is 8.20. The molecule has 2 aromatic rings. The van der Waals surface area contributed by atoms with Crippen molar-refractivity contribution in [1.29, 1.82) is 0 Å². The van der Waals surface area contributed by atoms with Gasteiger partial charge in [0.15, 0.2) is 0 Å². The van der Waals surface area contributed by atoms with E-state index >= 15 is 0 Å². The van der Waals surface area contributed by atoms with Crippen molar-refractivity contribution < 1.29 is 9.90 Å². The van der Waals surface area contributed by atoms with Crippen LogP contribution < -0.4 is 5.32 Å². The van der Waals surface area contributed by atoms with Crippen molar-refractivity contribution in [3.63, 3.8) is 0 Å². The molecule has 0 saturated carbocycles. The average Bonchev–Trinajstić information content (AvgIpc) is 3.08. The molecule has 0 unspecified atom stereocenters. The lowest BCUT2D eigenvalue weighted by Gasteiger charge is -2.01. The van der Waals surface area contributed by atoms with Crippen molar-refractivity contribution in [2.75, 3.05) is 13.2 Å². The van der Waals surface area contributed by atoms with Crippen molar-refractivity contribution in [1.82, 2.24) is 5.32 Å². The molecule has 21 heavy (non-hydrogen) atoms. The maximum atomic E-state index is 12.0. The summed E-state index contributed by atoms with van der Waals surface area (Å²) in [4.78, 5) is 14.0. The van der Waals surface area contributed by atoms with Crippen LogP contribution in [0.2, 0.25) is 4.34 Å². The normalized spacial score (nSPS) is 10.0. The number of halogens is 1. The van der Waals surface area contributed by atoms with Crippen LogP contribution in [0.4, 0.5) is 0 Å². The van der Waals surface area contributed by atoms with E-state index in [1.54, 1.807) is 11.4 Å². The Labute approximate surface area is 136 Å². The number of hydrogen-bond acceptors (Lipinski definition) is 4. The van der Waals surface area contributed by atoms with Gasteiger partial charge in [-0.2, -0.15) is 0 Å². The Morgan fingerprint density at radius 1 is 1.43 bits per heavy atom. The first-order valence-corrected chi connectivity index (χ1v) is 8.47. The van der Waals surface area contributed by atoms with E-state index in [0.717, 1.165) is 20.5 Å². The highest BCUT2D eigenvalue weighted by atomic mass is 35.5. The molecule has 2 heterocycles. The van der Waals surface area contributed by atoms with E-state index in [9.17, 15) is 4.79 Å². The van der Waals surface area contributed by atoms with Crippen LogP contribution in [0.15, 0.2) is 23.6 Å². The highest BCUT2D eigenvalue weighted by Gasteiger charge is 2.07. The van der Waals surface area contributed by atoms with Crippen LogP contribution in [0.3, 0.4) is 0 Å². The number of aliphatic hydroxyl groups excluding tert-OH is 1. The summed E-state index contributed by atoms with van der Waals surface area (Å²) in [6.07, 6.45) is 1.22. The largest absolute Gasteiger partial charge is 0.395 e. The molecule has 0 aromatic carbocycles. The van der Waals surface area contributed by atoms with Gasteiger partial charge in [0.1, 0.15) is 0 Å². The zero-order valence-corrected chi connectivity index (χ0v) is 13.6. The smallest absolute Gasteiger partial charge is 0.252 e. The minimum atomic E-state index is -0.0934. The van der Waals surface area contributed by atoms with Gasteiger partial charge in [-0.25, -0.2) is 0 Å². The molecule has 6 heteroatoms. The fourth-order valence-corrected chi connectivity index (χ4v) is 3.46. The minimum absolute atomic E-state index is 0.0540. The Kier molecular flexibility index (Phi) is 6.27. The summed E-state index contributed by atoms with van der Waals surface area (Å²) in [5, 5.41) is 13.3. The summed E-state index contributed by atoms with van der Waals surface area (Å²) in [5.41, 5.74) is 0.623. The van der Waals surface area contributed by atoms with Crippen LogP contribution in [0, 0.1) is 11.8 Å². The topological polar surface area (TPSA) is 49.3 Å². The van der Waals surface area contributed by atoms with Crippen LogP contribution >= 0.6 is 34.3 Å². The van der Waals surface area contributed by atoms with E-state index in [0.29, 0.717) is 18.5 Å². The summed E-state index contributed by atoms with van der Waals surface area (Å²) in [6, 6.07) is 5.60. The Hall–Kier alpha value is -1.32. The van der Waals surface area contributed by atoms with Crippen LogP contribution in [-0.2, 0) is 6.42 Å². The lowest BCUT2D eigenvalue weighted by molar-refractivity contribution is 0.0954. The molecular formula is C15H14ClNO2S2.